The molecule has 3 heterocycles. The highest BCUT2D eigenvalue weighted by atomic mass is 16.2. The van der Waals surface area contributed by atoms with E-state index in [2.05, 4.69) is 10.2 Å². The van der Waals surface area contributed by atoms with Crippen molar-refractivity contribution in [3.63, 3.8) is 0 Å². The lowest BCUT2D eigenvalue weighted by Crippen LogP contribution is -2.52. The number of likely N-dealkylation sites (tertiary alicyclic amines) is 2. The molecule has 0 atom stereocenters. The van der Waals surface area contributed by atoms with E-state index in [9.17, 15) is 14.4 Å². The monoisotopic (exact) mass is 360 g/mol. The minimum absolute atomic E-state index is 0.0429. The van der Waals surface area contributed by atoms with Gasteiger partial charge in [-0.1, -0.05) is 0 Å². The summed E-state index contributed by atoms with van der Waals surface area (Å²) in [6, 6.07) is 3.36. The van der Waals surface area contributed by atoms with E-state index < -0.39 is 0 Å². The Balaban J connectivity index is 1.66. The molecular formula is C19H28N4O3. The summed E-state index contributed by atoms with van der Waals surface area (Å²) in [4.78, 5) is 40.8. The first-order valence-corrected chi connectivity index (χ1v) is 9.32. The summed E-state index contributed by atoms with van der Waals surface area (Å²) in [5, 5.41) is 2.67. The molecule has 2 saturated heterocycles. The predicted octanol–water partition coefficient (Wildman–Crippen LogP) is 0.450. The molecule has 0 aliphatic carbocycles. The summed E-state index contributed by atoms with van der Waals surface area (Å²) >= 11 is 0. The lowest BCUT2D eigenvalue weighted by atomic mass is 9.72. The number of nitrogens with one attached hydrogen (secondary N) is 1. The van der Waals surface area contributed by atoms with Crippen LogP contribution in [0.4, 0.5) is 0 Å². The Labute approximate surface area is 154 Å². The molecule has 2 amide bonds. The number of piperidine rings is 2. The summed E-state index contributed by atoms with van der Waals surface area (Å²) in [6.45, 7) is 3.61. The quantitative estimate of drug-likeness (QED) is 0.849. The van der Waals surface area contributed by atoms with Gasteiger partial charge in [-0.3, -0.25) is 19.3 Å². The van der Waals surface area contributed by atoms with Crippen molar-refractivity contribution in [2.75, 3.05) is 39.8 Å². The first kappa shape index (κ1) is 18.6. The van der Waals surface area contributed by atoms with E-state index in [0.717, 1.165) is 38.8 Å². The average molecular weight is 360 g/mol. The van der Waals surface area contributed by atoms with Crippen LogP contribution in [0.3, 0.4) is 0 Å². The molecule has 1 aromatic heterocycles. The third-order valence-corrected chi connectivity index (χ3v) is 5.87. The second kappa shape index (κ2) is 7.61. The summed E-state index contributed by atoms with van der Waals surface area (Å²) in [5.41, 5.74) is 0.134. The van der Waals surface area contributed by atoms with Gasteiger partial charge in [-0.15, -0.1) is 0 Å². The highest BCUT2D eigenvalue weighted by molar-refractivity contribution is 5.93. The van der Waals surface area contributed by atoms with Crippen LogP contribution in [0.15, 0.2) is 23.1 Å². The molecule has 7 heteroatoms. The van der Waals surface area contributed by atoms with Crippen LogP contribution in [0.2, 0.25) is 0 Å². The van der Waals surface area contributed by atoms with Crippen molar-refractivity contribution in [1.82, 2.24) is 19.7 Å². The second-order valence-corrected chi connectivity index (χ2v) is 7.62. The van der Waals surface area contributed by atoms with Crippen molar-refractivity contribution < 1.29 is 9.59 Å². The summed E-state index contributed by atoms with van der Waals surface area (Å²) < 4.78 is 1.45. The minimum Gasteiger partial charge on any atom is -0.358 e. The van der Waals surface area contributed by atoms with Crippen molar-refractivity contribution in [1.29, 1.82) is 0 Å². The van der Waals surface area contributed by atoms with Crippen molar-refractivity contribution in [3.8, 4) is 0 Å². The maximum Gasteiger partial charge on any atom is 0.263 e. The van der Waals surface area contributed by atoms with Gasteiger partial charge in [0.25, 0.3) is 11.5 Å². The molecule has 0 unspecified atom stereocenters. The zero-order valence-electron chi connectivity index (χ0n) is 15.7. The van der Waals surface area contributed by atoms with E-state index in [0.29, 0.717) is 19.6 Å². The van der Waals surface area contributed by atoms with Gasteiger partial charge in [0.15, 0.2) is 0 Å². The van der Waals surface area contributed by atoms with Crippen molar-refractivity contribution in [3.05, 3.63) is 34.2 Å². The number of pyridine rings is 1. The number of aromatic nitrogens is 1. The van der Waals surface area contributed by atoms with Gasteiger partial charge in [0.05, 0.1) is 6.54 Å². The first-order valence-electron chi connectivity index (χ1n) is 9.32. The van der Waals surface area contributed by atoms with Crippen molar-refractivity contribution >= 4 is 11.8 Å². The molecule has 2 aliphatic rings. The van der Waals surface area contributed by atoms with Gasteiger partial charge in [-0.2, -0.15) is 0 Å². The van der Waals surface area contributed by atoms with Gasteiger partial charge in [0.1, 0.15) is 5.56 Å². The standard InChI is InChI=1S/C19H28N4O3/c1-20-16(24)13-22-11-7-19(8-12-22)6-4-10-23(14-19)18(26)15-5-3-9-21(2)17(15)25/h3,5,9H,4,6-8,10-14H2,1-2H3,(H,20,24). The highest BCUT2D eigenvalue weighted by Crippen LogP contribution is 2.40. The average Bonchev–Trinajstić information content (AvgIpc) is 2.65. The fraction of sp³-hybridized carbons (Fsp3) is 0.632. The Hall–Kier alpha value is -2.15. The Kier molecular flexibility index (Phi) is 5.46. The lowest BCUT2D eigenvalue weighted by molar-refractivity contribution is -0.122. The molecular weight excluding hydrogens is 332 g/mol. The molecule has 1 aromatic rings. The number of carbonyl (C=O) groups is 2. The van der Waals surface area contributed by atoms with E-state index >= 15 is 0 Å². The maximum absolute atomic E-state index is 12.9. The molecule has 26 heavy (non-hydrogen) atoms. The normalized spacial score (nSPS) is 20.2. The van der Waals surface area contributed by atoms with Crippen LogP contribution in [0.1, 0.15) is 36.0 Å². The Morgan fingerprint density at radius 2 is 1.92 bits per heavy atom. The molecule has 1 spiro atoms. The number of hydrogen-bond donors (Lipinski definition) is 1. The predicted molar refractivity (Wildman–Crippen MR) is 99.0 cm³/mol. The van der Waals surface area contributed by atoms with Gasteiger partial charge >= 0.3 is 0 Å². The van der Waals surface area contributed by atoms with Gasteiger partial charge in [-0.25, -0.2) is 0 Å². The molecule has 2 fully saturated rings. The number of carbonyl (C=O) groups excluding carboxylic acids is 2. The van der Waals surface area contributed by atoms with Crippen LogP contribution in [0, 0.1) is 5.41 Å². The van der Waals surface area contributed by atoms with E-state index in [-0.39, 0.29) is 28.4 Å². The van der Waals surface area contributed by atoms with Gasteiger partial charge in [0.2, 0.25) is 5.91 Å². The molecule has 0 saturated carbocycles. The number of amides is 2. The summed E-state index contributed by atoms with van der Waals surface area (Å²) in [6.07, 6.45) is 5.71. The van der Waals surface area contributed by atoms with Gasteiger partial charge < -0.3 is 14.8 Å². The van der Waals surface area contributed by atoms with Crippen LogP contribution < -0.4 is 10.9 Å². The van der Waals surface area contributed by atoms with Crippen LogP contribution in [-0.4, -0.2) is 66.0 Å². The Morgan fingerprint density at radius 3 is 2.62 bits per heavy atom. The number of hydrogen-bond acceptors (Lipinski definition) is 4. The summed E-state index contributed by atoms with van der Waals surface area (Å²) in [7, 11) is 3.32. The molecule has 0 radical (unpaired) electrons. The van der Waals surface area contributed by atoms with E-state index in [1.54, 1.807) is 32.4 Å². The first-order chi connectivity index (χ1) is 12.4. The summed E-state index contributed by atoms with van der Waals surface area (Å²) in [5.74, 6) is -0.112. The zero-order chi connectivity index (χ0) is 18.7. The Morgan fingerprint density at radius 1 is 1.19 bits per heavy atom. The molecule has 0 aromatic carbocycles. The van der Waals surface area contributed by atoms with Crippen LogP contribution in [0.5, 0.6) is 0 Å². The van der Waals surface area contributed by atoms with E-state index in [4.69, 9.17) is 0 Å². The number of aryl methyl sites for hydroxylation is 1. The number of rotatable bonds is 3. The number of nitrogens with zero attached hydrogens (tertiary/aromatic N) is 3. The Bertz CT molecular complexity index is 735. The van der Waals surface area contributed by atoms with Crippen LogP contribution in [-0.2, 0) is 11.8 Å². The zero-order valence-corrected chi connectivity index (χ0v) is 15.7. The topological polar surface area (TPSA) is 74.7 Å². The molecule has 7 nitrogen and oxygen atoms in total. The van der Waals surface area contributed by atoms with Gasteiger partial charge in [-0.05, 0) is 56.3 Å². The third kappa shape index (κ3) is 3.82. The SMILES string of the molecule is CNC(=O)CN1CCC2(CCCN(C(=O)c3cccn(C)c3=O)C2)CC1. The molecule has 3 rings (SSSR count). The molecule has 2 aliphatic heterocycles. The number of likely N-dealkylation sites (N-methyl/N-ethyl adjacent to an activating group) is 1. The maximum atomic E-state index is 12.9. The third-order valence-electron chi connectivity index (χ3n) is 5.87. The van der Waals surface area contributed by atoms with Crippen LogP contribution >= 0.6 is 0 Å². The van der Waals surface area contributed by atoms with E-state index in [1.165, 1.54) is 4.57 Å². The fourth-order valence-corrected chi connectivity index (χ4v) is 4.19. The molecule has 0 bridgehead atoms. The smallest absolute Gasteiger partial charge is 0.263 e. The van der Waals surface area contributed by atoms with Gasteiger partial charge in [0, 0.05) is 33.4 Å². The van der Waals surface area contributed by atoms with Crippen molar-refractivity contribution in [2.45, 2.75) is 25.7 Å². The van der Waals surface area contributed by atoms with E-state index in [1.807, 2.05) is 4.90 Å². The second-order valence-electron chi connectivity index (χ2n) is 7.62. The van der Waals surface area contributed by atoms with Crippen LogP contribution in [0.25, 0.3) is 0 Å². The van der Waals surface area contributed by atoms with Crippen molar-refractivity contribution in [2.24, 2.45) is 12.5 Å². The highest BCUT2D eigenvalue weighted by Gasteiger charge is 2.40. The minimum atomic E-state index is -0.238. The fourth-order valence-electron chi connectivity index (χ4n) is 4.19. The largest absolute Gasteiger partial charge is 0.358 e. The lowest BCUT2D eigenvalue weighted by Gasteiger charge is -2.47. The molecule has 1 N–H and O–H groups in total. The molecule has 142 valence electrons.